The van der Waals surface area contributed by atoms with Crippen LogP contribution in [0.4, 0.5) is 0 Å². The summed E-state index contributed by atoms with van der Waals surface area (Å²) in [5.41, 5.74) is 5.85. The van der Waals surface area contributed by atoms with Gasteiger partial charge in [0.15, 0.2) is 5.82 Å². The Morgan fingerprint density at radius 2 is 2.04 bits per heavy atom. The molecule has 0 unspecified atom stereocenters. The number of fused-ring (bicyclic) bond motifs is 1. The SMILES string of the molecule is Cc1cc(C)cc(-c2ncn(/C=C\C(=O)NN3C[C@H]4C[C@H]4C3=O)n2)c1. The molecule has 1 aliphatic carbocycles. The van der Waals surface area contributed by atoms with Gasteiger partial charge in [0.2, 0.25) is 5.91 Å². The van der Waals surface area contributed by atoms with Gasteiger partial charge in [0, 0.05) is 30.3 Å². The highest BCUT2D eigenvalue weighted by Gasteiger charge is 2.52. The molecule has 2 heterocycles. The van der Waals surface area contributed by atoms with E-state index in [4.69, 9.17) is 0 Å². The fraction of sp³-hybridized carbons (Fsp3) is 0.333. The molecule has 0 radical (unpaired) electrons. The van der Waals surface area contributed by atoms with Crippen LogP contribution in [0.25, 0.3) is 17.6 Å². The fourth-order valence-corrected chi connectivity index (χ4v) is 3.27. The van der Waals surface area contributed by atoms with Crippen molar-refractivity contribution in [3.63, 3.8) is 0 Å². The Kier molecular flexibility index (Phi) is 3.63. The number of rotatable bonds is 4. The average molecular weight is 337 g/mol. The molecule has 0 bridgehead atoms. The van der Waals surface area contributed by atoms with Gasteiger partial charge in [0.25, 0.3) is 5.91 Å². The molecule has 0 spiro atoms. The lowest BCUT2D eigenvalue weighted by atomic mass is 10.1. The van der Waals surface area contributed by atoms with Crippen molar-refractivity contribution in [2.75, 3.05) is 6.54 Å². The number of aromatic nitrogens is 3. The van der Waals surface area contributed by atoms with Gasteiger partial charge in [0.1, 0.15) is 6.33 Å². The number of carbonyl (C=O) groups is 2. The summed E-state index contributed by atoms with van der Waals surface area (Å²) < 4.78 is 1.48. The van der Waals surface area contributed by atoms with Gasteiger partial charge < -0.3 is 0 Å². The highest BCUT2D eigenvalue weighted by molar-refractivity contribution is 5.93. The lowest BCUT2D eigenvalue weighted by Crippen LogP contribution is -2.44. The maximum absolute atomic E-state index is 12.0. The van der Waals surface area contributed by atoms with Gasteiger partial charge in [-0.1, -0.05) is 17.2 Å². The summed E-state index contributed by atoms with van der Waals surface area (Å²) in [6, 6.07) is 6.13. The summed E-state index contributed by atoms with van der Waals surface area (Å²) in [6.45, 7) is 4.67. The number of hydrogen-bond acceptors (Lipinski definition) is 4. The molecular formula is C18H19N5O2. The topological polar surface area (TPSA) is 80.1 Å². The third-order valence-corrected chi connectivity index (χ3v) is 4.54. The number of carbonyl (C=O) groups excluding carboxylic acids is 2. The van der Waals surface area contributed by atoms with Crippen molar-refractivity contribution < 1.29 is 9.59 Å². The molecule has 1 aliphatic heterocycles. The lowest BCUT2D eigenvalue weighted by Gasteiger charge is -2.17. The zero-order chi connectivity index (χ0) is 17.6. The highest BCUT2D eigenvalue weighted by atomic mass is 16.2. The lowest BCUT2D eigenvalue weighted by molar-refractivity contribution is -0.138. The number of hydrogen-bond donors (Lipinski definition) is 1. The van der Waals surface area contributed by atoms with Crippen molar-refractivity contribution in [1.29, 1.82) is 0 Å². The molecule has 4 rings (SSSR count). The third-order valence-electron chi connectivity index (χ3n) is 4.54. The molecule has 7 heteroatoms. The van der Waals surface area contributed by atoms with Gasteiger partial charge in [-0.3, -0.25) is 20.0 Å². The van der Waals surface area contributed by atoms with E-state index in [2.05, 4.69) is 21.6 Å². The van der Waals surface area contributed by atoms with Crippen LogP contribution in [0.1, 0.15) is 17.5 Å². The van der Waals surface area contributed by atoms with E-state index in [-0.39, 0.29) is 17.7 Å². The summed E-state index contributed by atoms with van der Waals surface area (Å²) >= 11 is 0. The summed E-state index contributed by atoms with van der Waals surface area (Å²) in [5.74, 6) is 0.821. The molecule has 25 heavy (non-hydrogen) atoms. The van der Waals surface area contributed by atoms with E-state index in [0.29, 0.717) is 18.3 Å². The minimum Gasteiger partial charge on any atom is -0.273 e. The van der Waals surface area contributed by atoms with Crippen LogP contribution >= 0.6 is 0 Å². The Morgan fingerprint density at radius 1 is 1.28 bits per heavy atom. The molecular weight excluding hydrogens is 318 g/mol. The van der Waals surface area contributed by atoms with E-state index in [1.54, 1.807) is 6.33 Å². The van der Waals surface area contributed by atoms with E-state index in [1.165, 1.54) is 22.0 Å². The molecule has 2 aromatic rings. The van der Waals surface area contributed by atoms with Gasteiger partial charge in [-0.2, -0.15) is 0 Å². The molecule has 2 aliphatic rings. The first kappa shape index (κ1) is 15.6. The largest absolute Gasteiger partial charge is 0.273 e. The smallest absolute Gasteiger partial charge is 0.264 e. The van der Waals surface area contributed by atoms with Gasteiger partial charge in [-0.15, -0.1) is 5.10 Å². The Balaban J connectivity index is 1.41. The number of nitrogens with one attached hydrogen (secondary N) is 1. The molecule has 1 aromatic carbocycles. The Bertz CT molecular complexity index is 865. The molecule has 2 fully saturated rings. The van der Waals surface area contributed by atoms with Gasteiger partial charge in [-0.25, -0.2) is 9.67 Å². The van der Waals surface area contributed by atoms with Crippen LogP contribution in [0.3, 0.4) is 0 Å². The second-order valence-corrected chi connectivity index (χ2v) is 6.77. The first-order valence-corrected chi connectivity index (χ1v) is 8.29. The minimum atomic E-state index is -0.349. The first-order valence-electron chi connectivity index (χ1n) is 8.29. The normalized spacial score (nSPS) is 21.7. The number of nitrogens with zero attached hydrogens (tertiary/aromatic N) is 4. The van der Waals surface area contributed by atoms with Crippen molar-refractivity contribution in [3.05, 3.63) is 41.7 Å². The first-order chi connectivity index (χ1) is 12.0. The third kappa shape index (κ3) is 3.17. The Hall–Kier alpha value is -2.96. The van der Waals surface area contributed by atoms with Gasteiger partial charge >= 0.3 is 0 Å². The second-order valence-electron chi connectivity index (χ2n) is 6.77. The Morgan fingerprint density at radius 3 is 2.72 bits per heavy atom. The zero-order valence-electron chi connectivity index (χ0n) is 14.1. The highest BCUT2D eigenvalue weighted by Crippen LogP contribution is 2.45. The molecule has 1 N–H and O–H groups in total. The maximum atomic E-state index is 12.0. The predicted molar refractivity (Wildman–Crippen MR) is 91.7 cm³/mol. The van der Waals surface area contributed by atoms with Gasteiger partial charge in [0.05, 0.1) is 0 Å². The van der Waals surface area contributed by atoms with E-state index in [0.717, 1.165) is 23.1 Å². The van der Waals surface area contributed by atoms with Crippen LogP contribution in [-0.4, -0.2) is 38.1 Å². The number of aryl methyl sites for hydroxylation is 2. The summed E-state index contributed by atoms with van der Waals surface area (Å²) in [6.07, 6.45) is 5.38. The summed E-state index contributed by atoms with van der Waals surface area (Å²) in [4.78, 5) is 28.1. The summed E-state index contributed by atoms with van der Waals surface area (Å²) in [7, 11) is 0. The van der Waals surface area contributed by atoms with Crippen LogP contribution in [0, 0.1) is 25.7 Å². The second kappa shape index (κ2) is 5.84. The van der Waals surface area contributed by atoms with Crippen molar-refractivity contribution in [2.45, 2.75) is 20.3 Å². The van der Waals surface area contributed by atoms with Crippen molar-refractivity contribution in [3.8, 4) is 11.4 Å². The van der Waals surface area contributed by atoms with E-state index in [1.807, 2.05) is 26.0 Å². The number of amides is 2. The van der Waals surface area contributed by atoms with Crippen LogP contribution in [-0.2, 0) is 9.59 Å². The number of benzene rings is 1. The molecule has 1 saturated carbocycles. The molecule has 7 nitrogen and oxygen atoms in total. The van der Waals surface area contributed by atoms with Crippen molar-refractivity contribution in [2.24, 2.45) is 11.8 Å². The molecule has 2 atom stereocenters. The van der Waals surface area contributed by atoms with Crippen LogP contribution in [0.5, 0.6) is 0 Å². The molecule has 128 valence electrons. The molecule has 1 aromatic heterocycles. The van der Waals surface area contributed by atoms with Crippen molar-refractivity contribution in [1.82, 2.24) is 25.2 Å². The Labute approximate surface area is 145 Å². The fourth-order valence-electron chi connectivity index (χ4n) is 3.27. The van der Waals surface area contributed by atoms with Crippen molar-refractivity contribution >= 4 is 18.0 Å². The van der Waals surface area contributed by atoms with E-state index in [9.17, 15) is 9.59 Å². The van der Waals surface area contributed by atoms with Crippen LogP contribution in [0.15, 0.2) is 30.6 Å². The minimum absolute atomic E-state index is 0.0182. The molecule has 2 amide bonds. The quantitative estimate of drug-likeness (QED) is 0.858. The van der Waals surface area contributed by atoms with Crippen LogP contribution < -0.4 is 5.43 Å². The van der Waals surface area contributed by atoms with Crippen LogP contribution in [0.2, 0.25) is 0 Å². The average Bonchev–Trinajstić information content (AvgIpc) is 3.04. The van der Waals surface area contributed by atoms with E-state index >= 15 is 0 Å². The van der Waals surface area contributed by atoms with E-state index < -0.39 is 0 Å². The van der Waals surface area contributed by atoms with Gasteiger partial charge in [-0.05, 0) is 38.3 Å². The summed E-state index contributed by atoms with van der Waals surface area (Å²) in [5, 5.41) is 5.77. The number of hydrazine groups is 1. The monoisotopic (exact) mass is 337 g/mol. The standard InChI is InChI=1S/C18H19N5O2/c1-11-5-12(2)7-13(6-11)17-19-10-22(21-17)4-3-16(24)20-23-9-14-8-15(14)18(23)25/h3-7,10,14-15H,8-9H2,1-2H3,(H,20,24)/b4-3-/t14-,15-/m1/s1. The maximum Gasteiger partial charge on any atom is 0.264 e. The zero-order valence-corrected chi connectivity index (χ0v) is 14.1. The number of piperidine rings is 1. The molecule has 1 saturated heterocycles. The predicted octanol–water partition coefficient (Wildman–Crippen LogP) is 1.54.